The van der Waals surface area contributed by atoms with Gasteiger partial charge in [-0.3, -0.25) is 23.4 Å². The van der Waals surface area contributed by atoms with E-state index in [0.717, 1.165) is 0 Å². The number of nitrogens with two attached hydrogens (primary N) is 1. The number of hydrogen-bond acceptors (Lipinski definition) is 12. The standard InChI is InChI=1S/C15H22N5O10P/c16-15-18-12-9(13(24)19-15)17-5-20(12)14-11(23)10(22)8(30-14)4-29-31(25,26)28-3-7-6(21)1-2-27-7/h5-8,10-11,14,21-23H,1-4H2,(H,25,26)(H3,16,18,19,24)/t6-,7+,8+,10+,11+,14+/m0/s1. The maximum absolute atomic E-state index is 12.1. The molecule has 0 aliphatic carbocycles. The number of imidazole rings is 1. The van der Waals surface area contributed by atoms with Gasteiger partial charge in [0.05, 0.1) is 25.6 Å². The van der Waals surface area contributed by atoms with Crippen LogP contribution in [0.3, 0.4) is 0 Å². The van der Waals surface area contributed by atoms with Gasteiger partial charge < -0.3 is 35.4 Å². The molecular weight excluding hydrogens is 441 g/mol. The molecule has 16 heteroatoms. The van der Waals surface area contributed by atoms with Crippen molar-refractivity contribution in [1.29, 1.82) is 0 Å². The fraction of sp³-hybridized carbons (Fsp3) is 0.667. The van der Waals surface area contributed by atoms with Crippen molar-refractivity contribution < 1.29 is 43.3 Å². The number of phosphoric acid groups is 1. The molecule has 2 fully saturated rings. The summed E-state index contributed by atoms with van der Waals surface area (Å²) in [5.74, 6) is -0.179. The van der Waals surface area contributed by atoms with Crippen LogP contribution in [0.15, 0.2) is 11.1 Å². The zero-order valence-corrected chi connectivity index (χ0v) is 16.9. The van der Waals surface area contributed by atoms with Crippen LogP contribution in [-0.4, -0.2) is 90.1 Å². The number of ether oxygens (including phenoxy) is 2. The lowest BCUT2D eigenvalue weighted by Gasteiger charge is -2.19. The smallest absolute Gasteiger partial charge is 0.390 e. The number of nitrogens with zero attached hydrogens (tertiary/aromatic N) is 3. The van der Waals surface area contributed by atoms with Crippen molar-refractivity contribution in [2.24, 2.45) is 0 Å². The van der Waals surface area contributed by atoms with Crippen LogP contribution in [0.4, 0.5) is 5.95 Å². The molecule has 4 heterocycles. The van der Waals surface area contributed by atoms with Gasteiger partial charge in [0.2, 0.25) is 5.95 Å². The monoisotopic (exact) mass is 463 g/mol. The molecule has 2 aromatic heterocycles. The lowest BCUT2D eigenvalue weighted by molar-refractivity contribution is -0.0536. The van der Waals surface area contributed by atoms with E-state index in [1.165, 1.54) is 10.9 Å². The Balaban J connectivity index is 1.41. The van der Waals surface area contributed by atoms with Crippen LogP contribution < -0.4 is 11.3 Å². The molecule has 0 aromatic carbocycles. The van der Waals surface area contributed by atoms with Gasteiger partial charge in [0.1, 0.15) is 24.4 Å². The van der Waals surface area contributed by atoms with Gasteiger partial charge in [0.25, 0.3) is 5.56 Å². The summed E-state index contributed by atoms with van der Waals surface area (Å²) in [6.07, 6.45) is -5.41. The highest BCUT2D eigenvalue weighted by molar-refractivity contribution is 7.47. The van der Waals surface area contributed by atoms with E-state index < -0.39 is 56.7 Å². The molecule has 15 nitrogen and oxygen atoms in total. The van der Waals surface area contributed by atoms with Crippen LogP contribution in [0.5, 0.6) is 0 Å². The minimum atomic E-state index is -4.56. The number of anilines is 1. The number of H-pyrrole nitrogens is 1. The Morgan fingerprint density at radius 1 is 1.26 bits per heavy atom. The molecule has 172 valence electrons. The van der Waals surface area contributed by atoms with Crippen LogP contribution in [0.1, 0.15) is 12.6 Å². The van der Waals surface area contributed by atoms with Gasteiger partial charge in [-0.05, 0) is 6.42 Å². The maximum atomic E-state index is 12.1. The highest BCUT2D eigenvalue weighted by Crippen LogP contribution is 2.45. The fourth-order valence-corrected chi connectivity index (χ4v) is 4.14. The summed E-state index contributed by atoms with van der Waals surface area (Å²) in [4.78, 5) is 31.9. The van der Waals surface area contributed by atoms with E-state index in [0.29, 0.717) is 13.0 Å². The highest BCUT2D eigenvalue weighted by Gasteiger charge is 2.45. The first-order valence-corrected chi connectivity index (χ1v) is 10.8. The number of fused-ring (bicyclic) bond motifs is 1. The van der Waals surface area contributed by atoms with Crippen LogP contribution in [0.2, 0.25) is 0 Å². The molecular formula is C15H22N5O10P. The van der Waals surface area contributed by atoms with E-state index in [9.17, 15) is 29.6 Å². The average Bonchev–Trinajstić information content (AvgIpc) is 3.38. The predicted molar refractivity (Wildman–Crippen MR) is 101 cm³/mol. The first kappa shape index (κ1) is 22.3. The summed E-state index contributed by atoms with van der Waals surface area (Å²) >= 11 is 0. The van der Waals surface area contributed by atoms with E-state index >= 15 is 0 Å². The van der Waals surface area contributed by atoms with Crippen molar-refractivity contribution >= 4 is 24.9 Å². The molecule has 0 radical (unpaired) electrons. The number of hydrogen-bond donors (Lipinski definition) is 6. The lowest BCUT2D eigenvalue weighted by atomic mass is 10.1. The third kappa shape index (κ3) is 4.50. The summed E-state index contributed by atoms with van der Waals surface area (Å²) in [6, 6.07) is 0. The molecule has 0 bridgehead atoms. The molecule has 4 rings (SSSR count). The second-order valence-electron chi connectivity index (χ2n) is 7.15. The third-order valence-electron chi connectivity index (χ3n) is 5.04. The van der Waals surface area contributed by atoms with Crippen LogP contribution in [-0.2, 0) is 23.1 Å². The van der Waals surface area contributed by atoms with Gasteiger partial charge in [0, 0.05) is 6.61 Å². The normalized spacial score (nSPS) is 33.2. The fourth-order valence-electron chi connectivity index (χ4n) is 3.39. The second kappa shape index (κ2) is 8.54. The molecule has 1 unspecified atom stereocenters. The van der Waals surface area contributed by atoms with Crippen molar-refractivity contribution in [3.8, 4) is 0 Å². The third-order valence-corrected chi connectivity index (χ3v) is 5.99. The Bertz CT molecular complexity index is 1040. The van der Waals surface area contributed by atoms with Crippen LogP contribution >= 0.6 is 7.82 Å². The Morgan fingerprint density at radius 3 is 2.65 bits per heavy atom. The largest absolute Gasteiger partial charge is 0.472 e. The number of aromatic nitrogens is 4. The molecule has 2 aliphatic rings. The number of aromatic amines is 1. The quantitative estimate of drug-likeness (QED) is 0.236. The molecule has 0 amide bonds. The summed E-state index contributed by atoms with van der Waals surface area (Å²) < 4.78 is 33.7. The molecule has 31 heavy (non-hydrogen) atoms. The van der Waals surface area contributed by atoms with Crippen LogP contribution in [0.25, 0.3) is 11.2 Å². The molecule has 2 aliphatic heterocycles. The number of rotatable bonds is 7. The molecule has 2 aromatic rings. The maximum Gasteiger partial charge on any atom is 0.472 e. The number of phosphoric ester groups is 1. The SMILES string of the molecule is Nc1nc2c(ncn2[C@@H]2O[C@H](COP(=O)(O)OC[C@H]3OCC[C@@H]3O)[C@@H](O)[C@H]2O)c(=O)[nH]1. The highest BCUT2D eigenvalue weighted by atomic mass is 31.2. The summed E-state index contributed by atoms with van der Waals surface area (Å²) in [7, 11) is -4.56. The predicted octanol–water partition coefficient (Wildman–Crippen LogP) is -2.40. The molecule has 2 saturated heterocycles. The molecule has 7 N–H and O–H groups in total. The van der Waals surface area contributed by atoms with E-state index in [1.807, 2.05) is 0 Å². The van der Waals surface area contributed by atoms with E-state index in [2.05, 4.69) is 15.0 Å². The van der Waals surface area contributed by atoms with E-state index in [4.69, 9.17) is 24.3 Å². The van der Waals surface area contributed by atoms with Gasteiger partial charge in [0.15, 0.2) is 17.4 Å². The summed E-state index contributed by atoms with van der Waals surface area (Å²) in [5.41, 5.74) is 4.91. The molecule has 0 spiro atoms. The van der Waals surface area contributed by atoms with Crippen molar-refractivity contribution in [2.45, 2.75) is 43.2 Å². The van der Waals surface area contributed by atoms with Gasteiger partial charge in [-0.1, -0.05) is 0 Å². The first-order valence-electron chi connectivity index (χ1n) is 9.32. The zero-order valence-electron chi connectivity index (χ0n) is 16.0. The van der Waals surface area contributed by atoms with E-state index in [-0.39, 0.29) is 23.7 Å². The number of aliphatic hydroxyl groups excluding tert-OH is 3. The minimum absolute atomic E-state index is 0.0188. The van der Waals surface area contributed by atoms with Crippen LogP contribution in [0, 0.1) is 0 Å². The topological polar surface area (TPSA) is 224 Å². The van der Waals surface area contributed by atoms with Gasteiger partial charge >= 0.3 is 7.82 Å². The zero-order chi connectivity index (χ0) is 22.3. The number of nitrogen functional groups attached to an aromatic ring is 1. The summed E-state index contributed by atoms with van der Waals surface area (Å²) in [6.45, 7) is -0.654. The number of aliphatic hydroxyl groups is 3. The van der Waals surface area contributed by atoms with Gasteiger partial charge in [-0.2, -0.15) is 4.98 Å². The molecule has 7 atom stereocenters. The summed E-state index contributed by atoms with van der Waals surface area (Å²) in [5, 5.41) is 30.3. The van der Waals surface area contributed by atoms with Crippen molar-refractivity contribution in [3.05, 3.63) is 16.7 Å². The minimum Gasteiger partial charge on any atom is -0.390 e. The first-order chi connectivity index (χ1) is 14.7. The Hall–Kier alpha value is -1.94. The lowest BCUT2D eigenvalue weighted by Crippen LogP contribution is -2.33. The van der Waals surface area contributed by atoms with Crippen molar-refractivity contribution in [3.63, 3.8) is 0 Å². The Labute approximate surface area is 174 Å². The molecule has 0 saturated carbocycles. The van der Waals surface area contributed by atoms with Gasteiger partial charge in [-0.25, -0.2) is 9.55 Å². The van der Waals surface area contributed by atoms with Gasteiger partial charge in [-0.15, -0.1) is 0 Å². The number of nitrogens with one attached hydrogen (secondary N) is 1. The van der Waals surface area contributed by atoms with Crippen molar-refractivity contribution in [1.82, 2.24) is 19.5 Å². The van der Waals surface area contributed by atoms with Crippen molar-refractivity contribution in [2.75, 3.05) is 25.6 Å². The average molecular weight is 463 g/mol. The Kier molecular flexibility index (Phi) is 6.13. The second-order valence-corrected chi connectivity index (χ2v) is 8.60. The van der Waals surface area contributed by atoms with E-state index in [1.54, 1.807) is 0 Å². The Morgan fingerprint density at radius 2 is 1.97 bits per heavy atom.